The van der Waals surface area contributed by atoms with Gasteiger partial charge >= 0.3 is 6.61 Å². The number of nitrogens with one attached hydrogen (secondary N) is 2. The molecular weight excluding hydrogens is 381 g/mol. The molecule has 4 nitrogen and oxygen atoms in total. The number of alkyl halides is 2. The summed E-state index contributed by atoms with van der Waals surface area (Å²) in [7, 11) is 0. The minimum atomic E-state index is -2.90. The molecule has 0 aliphatic rings. The van der Waals surface area contributed by atoms with E-state index in [4.69, 9.17) is 0 Å². The Bertz CT molecular complexity index is 934. The Kier molecular flexibility index (Phi) is 6.86. The zero-order valence-electron chi connectivity index (χ0n) is 15.3. The van der Waals surface area contributed by atoms with Gasteiger partial charge in [0.1, 0.15) is 11.6 Å². The normalized spacial score (nSPS) is 11.9. The molecule has 0 spiro atoms. The van der Waals surface area contributed by atoms with Gasteiger partial charge in [-0.05, 0) is 35.4 Å². The predicted molar refractivity (Wildman–Crippen MR) is 104 cm³/mol. The lowest BCUT2D eigenvalue weighted by Crippen LogP contribution is -2.32. The maximum atomic E-state index is 13.7. The van der Waals surface area contributed by atoms with E-state index in [0.717, 1.165) is 11.1 Å². The van der Waals surface area contributed by atoms with Crippen LogP contribution in [-0.4, -0.2) is 19.1 Å². The largest absolute Gasteiger partial charge is 0.435 e. The first-order chi connectivity index (χ1) is 14.0. The minimum Gasteiger partial charge on any atom is -0.435 e. The highest BCUT2D eigenvalue weighted by Crippen LogP contribution is 2.25. The van der Waals surface area contributed by atoms with Crippen LogP contribution < -0.4 is 15.4 Å². The topological polar surface area (TPSA) is 50.4 Å². The van der Waals surface area contributed by atoms with Gasteiger partial charge in [0.2, 0.25) is 5.91 Å². The Morgan fingerprint density at radius 1 is 0.862 bits per heavy atom. The molecule has 0 aliphatic carbocycles. The van der Waals surface area contributed by atoms with Gasteiger partial charge in [0.25, 0.3) is 0 Å². The third kappa shape index (κ3) is 5.83. The molecule has 0 unspecified atom stereocenters. The first-order valence-electron chi connectivity index (χ1n) is 8.90. The van der Waals surface area contributed by atoms with Crippen LogP contribution in [0, 0.1) is 5.82 Å². The second kappa shape index (κ2) is 9.75. The number of halogens is 3. The molecule has 1 amide bonds. The van der Waals surface area contributed by atoms with Crippen LogP contribution in [0.5, 0.6) is 5.75 Å². The van der Waals surface area contributed by atoms with Crippen molar-refractivity contribution in [1.29, 1.82) is 0 Å². The third-order valence-electron chi connectivity index (χ3n) is 4.19. The number of benzene rings is 3. The molecule has 3 aromatic carbocycles. The number of hydrogen-bond donors (Lipinski definition) is 2. The van der Waals surface area contributed by atoms with E-state index < -0.39 is 18.3 Å². The molecule has 2 N–H and O–H groups in total. The lowest BCUT2D eigenvalue weighted by atomic mass is 9.98. The summed E-state index contributed by atoms with van der Waals surface area (Å²) in [5.74, 6) is -0.878. The van der Waals surface area contributed by atoms with E-state index in [0.29, 0.717) is 0 Å². The highest BCUT2D eigenvalue weighted by atomic mass is 19.3. The van der Waals surface area contributed by atoms with Crippen molar-refractivity contribution in [1.82, 2.24) is 5.32 Å². The van der Waals surface area contributed by atoms with Crippen molar-refractivity contribution in [2.45, 2.75) is 12.7 Å². The second-order valence-corrected chi connectivity index (χ2v) is 6.20. The van der Waals surface area contributed by atoms with Crippen LogP contribution in [0.4, 0.5) is 18.9 Å². The number of ether oxygens (including phenoxy) is 1. The highest BCUT2D eigenvalue weighted by Gasteiger charge is 2.16. The Morgan fingerprint density at radius 2 is 1.48 bits per heavy atom. The number of carbonyl (C=O) groups is 1. The molecule has 0 saturated heterocycles. The summed E-state index contributed by atoms with van der Waals surface area (Å²) >= 11 is 0. The second-order valence-electron chi connectivity index (χ2n) is 6.20. The predicted octanol–water partition coefficient (Wildman–Crippen LogP) is 4.74. The molecule has 1 atom stereocenters. The van der Waals surface area contributed by atoms with Crippen LogP contribution in [0.1, 0.15) is 17.2 Å². The van der Waals surface area contributed by atoms with Crippen molar-refractivity contribution in [3.63, 3.8) is 0 Å². The zero-order valence-corrected chi connectivity index (χ0v) is 15.3. The monoisotopic (exact) mass is 400 g/mol. The standard InChI is InChI=1S/C22H19F3N2O2/c23-18-8-4-5-9-19(18)27-20(28)14-26-21(15-6-2-1-3-7-15)16-10-12-17(13-11-16)29-22(24)25/h1-13,21-22,26H,14H2,(H,27,28)/t21-/m0/s1. The van der Waals surface area contributed by atoms with Crippen molar-refractivity contribution in [3.05, 3.63) is 95.8 Å². The Labute approximate surface area is 166 Å². The lowest BCUT2D eigenvalue weighted by molar-refractivity contribution is -0.115. The van der Waals surface area contributed by atoms with E-state index in [2.05, 4.69) is 15.4 Å². The van der Waals surface area contributed by atoms with Gasteiger partial charge in [0, 0.05) is 0 Å². The fourth-order valence-electron chi connectivity index (χ4n) is 2.87. The lowest BCUT2D eigenvalue weighted by Gasteiger charge is -2.20. The maximum absolute atomic E-state index is 13.7. The van der Waals surface area contributed by atoms with E-state index in [1.807, 2.05) is 30.3 Å². The summed E-state index contributed by atoms with van der Waals surface area (Å²) in [5.41, 5.74) is 1.74. The average Bonchev–Trinajstić information content (AvgIpc) is 2.71. The number of carbonyl (C=O) groups excluding carboxylic acids is 1. The van der Waals surface area contributed by atoms with Gasteiger partial charge in [-0.2, -0.15) is 8.78 Å². The van der Waals surface area contributed by atoms with Gasteiger partial charge in [0.15, 0.2) is 0 Å². The van der Waals surface area contributed by atoms with Crippen molar-refractivity contribution in [2.75, 3.05) is 11.9 Å². The van der Waals surface area contributed by atoms with E-state index >= 15 is 0 Å². The first-order valence-corrected chi connectivity index (χ1v) is 8.90. The third-order valence-corrected chi connectivity index (χ3v) is 4.19. The first kappa shape index (κ1) is 20.4. The molecular formula is C22H19F3N2O2. The van der Waals surface area contributed by atoms with Crippen molar-refractivity contribution < 1.29 is 22.7 Å². The van der Waals surface area contributed by atoms with Gasteiger partial charge in [-0.25, -0.2) is 4.39 Å². The number of rotatable bonds is 8. The zero-order chi connectivity index (χ0) is 20.6. The molecule has 0 bridgehead atoms. The number of para-hydroxylation sites is 1. The fourth-order valence-corrected chi connectivity index (χ4v) is 2.87. The van der Waals surface area contributed by atoms with E-state index in [-0.39, 0.29) is 24.0 Å². The molecule has 0 heterocycles. The summed E-state index contributed by atoms with van der Waals surface area (Å²) < 4.78 is 42.8. The summed E-state index contributed by atoms with van der Waals surface area (Å²) in [6, 6.07) is 21.1. The smallest absolute Gasteiger partial charge is 0.387 e. The van der Waals surface area contributed by atoms with Crippen molar-refractivity contribution in [2.24, 2.45) is 0 Å². The fraction of sp³-hybridized carbons (Fsp3) is 0.136. The van der Waals surface area contributed by atoms with E-state index in [1.165, 1.54) is 30.3 Å². The van der Waals surface area contributed by atoms with Crippen LogP contribution in [0.25, 0.3) is 0 Å². The van der Waals surface area contributed by atoms with Crippen LogP contribution >= 0.6 is 0 Å². The molecule has 0 fully saturated rings. The van der Waals surface area contributed by atoms with Crippen molar-refractivity contribution in [3.8, 4) is 5.75 Å². The molecule has 0 saturated carbocycles. The summed E-state index contributed by atoms with van der Waals surface area (Å²) in [4.78, 5) is 12.3. The molecule has 3 rings (SSSR count). The van der Waals surface area contributed by atoms with Gasteiger partial charge in [-0.15, -0.1) is 0 Å². The summed E-state index contributed by atoms with van der Waals surface area (Å²) in [6.07, 6.45) is 0. The molecule has 0 aliphatic heterocycles. The minimum absolute atomic E-state index is 0.0489. The number of anilines is 1. The van der Waals surface area contributed by atoms with Gasteiger partial charge in [-0.1, -0.05) is 54.6 Å². The van der Waals surface area contributed by atoms with E-state index in [9.17, 15) is 18.0 Å². The average molecular weight is 400 g/mol. The molecule has 0 radical (unpaired) electrons. The highest BCUT2D eigenvalue weighted by molar-refractivity contribution is 5.92. The molecule has 29 heavy (non-hydrogen) atoms. The van der Waals surface area contributed by atoms with E-state index in [1.54, 1.807) is 18.2 Å². The molecule has 7 heteroatoms. The Balaban J connectivity index is 1.73. The van der Waals surface area contributed by atoms with Gasteiger partial charge in [-0.3, -0.25) is 10.1 Å². The summed E-state index contributed by atoms with van der Waals surface area (Å²) in [6.45, 7) is -2.98. The van der Waals surface area contributed by atoms with Crippen molar-refractivity contribution >= 4 is 11.6 Å². The van der Waals surface area contributed by atoms with Crippen LogP contribution in [-0.2, 0) is 4.79 Å². The quantitative estimate of drug-likeness (QED) is 0.574. The van der Waals surface area contributed by atoms with Crippen LogP contribution in [0.15, 0.2) is 78.9 Å². The number of amides is 1. The Morgan fingerprint density at radius 3 is 2.14 bits per heavy atom. The van der Waals surface area contributed by atoms with Crippen LogP contribution in [0.2, 0.25) is 0 Å². The molecule has 0 aromatic heterocycles. The summed E-state index contributed by atoms with van der Waals surface area (Å²) in [5, 5.41) is 5.65. The van der Waals surface area contributed by atoms with Crippen LogP contribution in [0.3, 0.4) is 0 Å². The molecule has 150 valence electrons. The number of hydrogen-bond acceptors (Lipinski definition) is 3. The SMILES string of the molecule is O=C(CN[C@@H](c1ccccc1)c1ccc(OC(F)F)cc1)Nc1ccccc1F. The molecule has 3 aromatic rings. The van der Waals surface area contributed by atoms with Gasteiger partial charge < -0.3 is 10.1 Å². The van der Waals surface area contributed by atoms with Gasteiger partial charge in [0.05, 0.1) is 18.3 Å². The maximum Gasteiger partial charge on any atom is 0.387 e. The Hall–Kier alpha value is -3.32.